The smallest absolute Gasteiger partial charge is 0.272 e. The highest BCUT2D eigenvalue weighted by Crippen LogP contribution is 2.33. The molecule has 0 saturated carbocycles. The van der Waals surface area contributed by atoms with E-state index in [9.17, 15) is 9.18 Å². The van der Waals surface area contributed by atoms with Gasteiger partial charge in [-0.15, -0.1) is 0 Å². The first-order chi connectivity index (χ1) is 14.4. The van der Waals surface area contributed by atoms with Crippen LogP contribution in [0.3, 0.4) is 0 Å². The Kier molecular flexibility index (Phi) is 5.66. The van der Waals surface area contributed by atoms with Crippen LogP contribution in [0.2, 0.25) is 0 Å². The van der Waals surface area contributed by atoms with Gasteiger partial charge in [0, 0.05) is 24.5 Å². The van der Waals surface area contributed by atoms with Gasteiger partial charge in [-0.1, -0.05) is 12.1 Å². The molecule has 1 aliphatic heterocycles. The predicted octanol–water partition coefficient (Wildman–Crippen LogP) is 5.34. The molecule has 2 aromatic heterocycles. The maximum atomic E-state index is 13.4. The van der Waals surface area contributed by atoms with E-state index in [1.54, 1.807) is 29.1 Å². The van der Waals surface area contributed by atoms with Crippen LogP contribution in [-0.2, 0) is 0 Å². The molecular formula is C24H27FN4O. The molecule has 1 fully saturated rings. The lowest BCUT2D eigenvalue weighted by molar-refractivity contribution is 0.0591. The molecule has 1 saturated heterocycles. The molecule has 156 valence electrons. The molecule has 5 nitrogen and oxygen atoms in total. The molecule has 0 spiro atoms. The van der Waals surface area contributed by atoms with Gasteiger partial charge in [0.2, 0.25) is 0 Å². The Hall–Kier alpha value is -3.02. The molecule has 1 aromatic carbocycles. The van der Waals surface area contributed by atoms with Gasteiger partial charge in [0.15, 0.2) is 0 Å². The molecule has 1 aliphatic rings. The Labute approximate surface area is 176 Å². The van der Waals surface area contributed by atoms with Crippen LogP contribution in [0.1, 0.15) is 67.1 Å². The number of aromatic nitrogens is 3. The van der Waals surface area contributed by atoms with Crippen molar-refractivity contribution in [2.45, 2.75) is 52.1 Å². The third kappa shape index (κ3) is 3.99. The Balaban J connectivity index is 1.70. The first-order valence-electron chi connectivity index (χ1n) is 10.5. The number of likely N-dealkylation sites (tertiary alicyclic amines) is 1. The Bertz CT molecular complexity index is 1040. The predicted molar refractivity (Wildman–Crippen MR) is 115 cm³/mol. The van der Waals surface area contributed by atoms with Crippen molar-refractivity contribution in [1.82, 2.24) is 19.7 Å². The summed E-state index contributed by atoms with van der Waals surface area (Å²) in [5, 5.41) is 4.33. The SMILES string of the molecule is Cc1cc(-c2ccc(F)cc2)cc([C@H]2CCCCN2C(=O)c2ccnn2C(C)C)n1. The minimum absolute atomic E-state index is 0.00228. The largest absolute Gasteiger partial charge is 0.329 e. The zero-order chi connectivity index (χ0) is 21.3. The van der Waals surface area contributed by atoms with Gasteiger partial charge in [-0.05, 0) is 81.5 Å². The van der Waals surface area contributed by atoms with E-state index in [0.717, 1.165) is 41.8 Å². The van der Waals surface area contributed by atoms with Gasteiger partial charge in [-0.3, -0.25) is 14.5 Å². The molecule has 3 heterocycles. The Morgan fingerprint density at radius 2 is 1.87 bits per heavy atom. The van der Waals surface area contributed by atoms with Gasteiger partial charge in [0.1, 0.15) is 11.5 Å². The fourth-order valence-corrected chi connectivity index (χ4v) is 4.20. The molecule has 0 unspecified atom stereocenters. The number of pyridine rings is 1. The fraction of sp³-hybridized carbons (Fsp3) is 0.375. The number of carbonyl (C=O) groups excluding carboxylic acids is 1. The summed E-state index contributed by atoms with van der Waals surface area (Å²) in [6, 6.07) is 12.3. The molecule has 3 aromatic rings. The topological polar surface area (TPSA) is 51.0 Å². The molecule has 1 amide bonds. The lowest BCUT2D eigenvalue weighted by Gasteiger charge is -2.36. The first kappa shape index (κ1) is 20.3. The number of piperidine rings is 1. The summed E-state index contributed by atoms with van der Waals surface area (Å²) in [6.07, 6.45) is 4.60. The van der Waals surface area contributed by atoms with Crippen molar-refractivity contribution in [1.29, 1.82) is 0 Å². The van der Waals surface area contributed by atoms with Gasteiger partial charge < -0.3 is 4.90 Å². The zero-order valence-corrected chi connectivity index (χ0v) is 17.7. The van der Waals surface area contributed by atoms with Crippen molar-refractivity contribution in [3.63, 3.8) is 0 Å². The van der Waals surface area contributed by atoms with Crippen molar-refractivity contribution in [2.75, 3.05) is 6.54 Å². The number of benzene rings is 1. The number of hydrogen-bond acceptors (Lipinski definition) is 3. The van der Waals surface area contributed by atoms with E-state index in [2.05, 4.69) is 5.10 Å². The van der Waals surface area contributed by atoms with Crippen molar-refractivity contribution in [2.24, 2.45) is 0 Å². The summed E-state index contributed by atoms with van der Waals surface area (Å²) in [7, 11) is 0. The van der Waals surface area contributed by atoms with Crippen LogP contribution >= 0.6 is 0 Å². The second-order valence-electron chi connectivity index (χ2n) is 8.19. The summed E-state index contributed by atoms with van der Waals surface area (Å²) < 4.78 is 15.1. The average molecular weight is 407 g/mol. The van der Waals surface area contributed by atoms with E-state index in [0.29, 0.717) is 12.2 Å². The number of hydrogen-bond donors (Lipinski definition) is 0. The molecule has 0 radical (unpaired) electrons. The number of amides is 1. The fourth-order valence-electron chi connectivity index (χ4n) is 4.20. The second kappa shape index (κ2) is 8.38. The molecule has 0 bridgehead atoms. The van der Waals surface area contributed by atoms with Crippen LogP contribution in [0.25, 0.3) is 11.1 Å². The summed E-state index contributed by atoms with van der Waals surface area (Å²) in [5.74, 6) is -0.256. The van der Waals surface area contributed by atoms with E-state index < -0.39 is 0 Å². The van der Waals surface area contributed by atoms with Crippen LogP contribution in [0.5, 0.6) is 0 Å². The first-order valence-corrected chi connectivity index (χ1v) is 10.5. The summed E-state index contributed by atoms with van der Waals surface area (Å²) >= 11 is 0. The lowest BCUT2D eigenvalue weighted by Crippen LogP contribution is -2.40. The van der Waals surface area contributed by atoms with Crippen LogP contribution in [0.4, 0.5) is 4.39 Å². The summed E-state index contributed by atoms with van der Waals surface area (Å²) in [5.41, 5.74) is 4.32. The van der Waals surface area contributed by atoms with Gasteiger partial charge >= 0.3 is 0 Å². The molecule has 0 N–H and O–H groups in total. The number of halogens is 1. The van der Waals surface area contributed by atoms with E-state index in [4.69, 9.17) is 4.98 Å². The lowest BCUT2D eigenvalue weighted by atomic mass is 9.95. The van der Waals surface area contributed by atoms with Crippen molar-refractivity contribution < 1.29 is 9.18 Å². The number of aryl methyl sites for hydroxylation is 1. The highest BCUT2D eigenvalue weighted by Gasteiger charge is 2.31. The van der Waals surface area contributed by atoms with E-state index in [1.807, 2.05) is 37.8 Å². The summed E-state index contributed by atoms with van der Waals surface area (Å²) in [6.45, 7) is 6.71. The van der Waals surface area contributed by atoms with Crippen LogP contribution in [0.15, 0.2) is 48.7 Å². The van der Waals surface area contributed by atoms with Gasteiger partial charge in [0.05, 0.1) is 11.7 Å². The number of nitrogens with zero attached hydrogens (tertiary/aromatic N) is 4. The zero-order valence-electron chi connectivity index (χ0n) is 17.7. The molecule has 6 heteroatoms. The van der Waals surface area contributed by atoms with Gasteiger partial charge in [-0.2, -0.15) is 5.10 Å². The minimum atomic E-state index is -0.254. The Morgan fingerprint density at radius 3 is 2.60 bits per heavy atom. The third-order valence-corrected chi connectivity index (χ3v) is 5.63. The van der Waals surface area contributed by atoms with Crippen molar-refractivity contribution in [3.8, 4) is 11.1 Å². The Morgan fingerprint density at radius 1 is 1.10 bits per heavy atom. The van der Waals surface area contributed by atoms with Gasteiger partial charge in [0.25, 0.3) is 5.91 Å². The number of carbonyl (C=O) groups is 1. The highest BCUT2D eigenvalue weighted by molar-refractivity contribution is 5.93. The molecule has 4 rings (SSSR count). The molecular weight excluding hydrogens is 379 g/mol. The maximum Gasteiger partial charge on any atom is 0.272 e. The van der Waals surface area contributed by atoms with Crippen LogP contribution < -0.4 is 0 Å². The van der Waals surface area contributed by atoms with Crippen molar-refractivity contribution in [3.05, 3.63) is 71.6 Å². The molecule has 0 aliphatic carbocycles. The van der Waals surface area contributed by atoms with E-state index in [1.165, 1.54) is 12.1 Å². The molecule has 1 atom stereocenters. The number of rotatable bonds is 4. The average Bonchev–Trinajstić information content (AvgIpc) is 3.23. The third-order valence-electron chi connectivity index (χ3n) is 5.63. The van der Waals surface area contributed by atoms with Crippen LogP contribution in [-0.4, -0.2) is 32.1 Å². The molecule has 30 heavy (non-hydrogen) atoms. The highest BCUT2D eigenvalue weighted by atomic mass is 19.1. The van der Waals surface area contributed by atoms with Crippen LogP contribution in [0, 0.1) is 12.7 Å². The standard InChI is InChI=1S/C24H27FN4O/c1-16(2)29-23(11-12-26-29)24(30)28-13-5-4-6-22(28)21-15-19(14-17(3)27-21)18-7-9-20(25)10-8-18/h7-12,14-16,22H,4-6,13H2,1-3H3/t22-/m1/s1. The maximum absolute atomic E-state index is 13.4. The second-order valence-corrected chi connectivity index (χ2v) is 8.19. The quantitative estimate of drug-likeness (QED) is 0.588. The van der Waals surface area contributed by atoms with Gasteiger partial charge in [-0.25, -0.2) is 4.39 Å². The van der Waals surface area contributed by atoms with E-state index >= 15 is 0 Å². The van der Waals surface area contributed by atoms with Crippen molar-refractivity contribution >= 4 is 5.91 Å². The summed E-state index contributed by atoms with van der Waals surface area (Å²) in [4.78, 5) is 20.2. The normalized spacial score (nSPS) is 16.8. The monoisotopic (exact) mass is 406 g/mol. The minimum Gasteiger partial charge on any atom is -0.329 e. The van der Waals surface area contributed by atoms with E-state index in [-0.39, 0.29) is 23.8 Å².